The van der Waals surface area contributed by atoms with Gasteiger partial charge < -0.3 is 24.8 Å². The summed E-state index contributed by atoms with van der Waals surface area (Å²) in [6.45, 7) is 1.88. The van der Waals surface area contributed by atoms with Crippen LogP contribution in [0.1, 0.15) is 29.8 Å². The van der Waals surface area contributed by atoms with Crippen LogP contribution in [0.4, 0.5) is 29.2 Å². The lowest BCUT2D eigenvalue weighted by Gasteiger charge is -2.39. The van der Waals surface area contributed by atoms with Crippen LogP contribution in [-0.4, -0.2) is 69.2 Å². The molecule has 2 N–H and O–H groups in total. The van der Waals surface area contributed by atoms with Crippen LogP contribution in [0.15, 0.2) is 30.7 Å². The van der Waals surface area contributed by atoms with Crippen LogP contribution in [0.2, 0.25) is 0 Å². The zero-order chi connectivity index (χ0) is 27.2. The van der Waals surface area contributed by atoms with Crippen molar-refractivity contribution in [3.63, 3.8) is 0 Å². The molecule has 1 saturated heterocycles. The molecule has 0 saturated carbocycles. The molecule has 3 aromatic rings. The van der Waals surface area contributed by atoms with E-state index in [9.17, 15) is 27.5 Å². The Morgan fingerprint density at radius 2 is 1.92 bits per heavy atom. The Morgan fingerprint density at radius 1 is 1.18 bits per heavy atom. The lowest BCUT2D eigenvalue weighted by Crippen LogP contribution is -2.45. The zero-order valence-electron chi connectivity index (χ0n) is 20.9. The highest BCUT2D eigenvalue weighted by Gasteiger charge is 2.40. The molecule has 1 aromatic carbocycles. The Hall–Kier alpha value is -3.58. The summed E-state index contributed by atoms with van der Waals surface area (Å²) < 4.78 is 55.6. The first-order valence-electron chi connectivity index (χ1n) is 12.2. The van der Waals surface area contributed by atoms with Crippen LogP contribution in [-0.2, 0) is 29.5 Å². The summed E-state index contributed by atoms with van der Waals surface area (Å²) in [5.74, 6) is -0.0373. The number of fused-ring (bicyclic) bond motifs is 1. The highest BCUT2D eigenvalue weighted by molar-refractivity contribution is 5.99. The number of alkyl halides is 3. The van der Waals surface area contributed by atoms with Crippen molar-refractivity contribution in [1.82, 2.24) is 24.4 Å². The Bertz CT molecular complexity index is 1360. The first-order chi connectivity index (χ1) is 17.9. The van der Waals surface area contributed by atoms with Crippen LogP contribution in [0.3, 0.4) is 0 Å². The minimum absolute atomic E-state index is 0.110. The number of anilines is 2. The van der Waals surface area contributed by atoms with Gasteiger partial charge >= 0.3 is 6.18 Å². The maximum absolute atomic E-state index is 13.9. The zero-order valence-corrected chi connectivity index (χ0v) is 20.9. The van der Waals surface area contributed by atoms with E-state index < -0.39 is 23.2 Å². The molecule has 0 unspecified atom stereocenters. The fourth-order valence-electron chi connectivity index (χ4n) is 4.90. The first kappa shape index (κ1) is 26.0. The van der Waals surface area contributed by atoms with E-state index in [0.29, 0.717) is 43.6 Å². The van der Waals surface area contributed by atoms with E-state index in [4.69, 9.17) is 0 Å². The first-order valence-corrected chi connectivity index (χ1v) is 12.2. The SMILES string of the molecule is CN(C)CCn1cc(-c2ccc(F)c(C(F)(F)F)c2)nc1C1(O)CCN(c2ncnc3c2CC(=O)N3)CC1. The Morgan fingerprint density at radius 3 is 2.61 bits per heavy atom. The van der Waals surface area contributed by atoms with Crippen LogP contribution >= 0.6 is 0 Å². The van der Waals surface area contributed by atoms with Crippen molar-refractivity contribution in [2.24, 2.45) is 0 Å². The van der Waals surface area contributed by atoms with Crippen molar-refractivity contribution in [1.29, 1.82) is 0 Å². The predicted octanol–water partition coefficient (Wildman–Crippen LogP) is 3.04. The number of rotatable bonds is 6. The van der Waals surface area contributed by atoms with E-state index in [1.165, 1.54) is 12.4 Å². The largest absolute Gasteiger partial charge is 0.419 e. The molecule has 202 valence electrons. The summed E-state index contributed by atoms with van der Waals surface area (Å²) in [7, 11) is 3.78. The molecule has 1 amide bonds. The maximum atomic E-state index is 13.9. The molecular weight excluding hydrogens is 506 g/mol. The highest BCUT2D eigenvalue weighted by Crippen LogP contribution is 2.38. The number of nitrogens with zero attached hydrogens (tertiary/aromatic N) is 6. The maximum Gasteiger partial charge on any atom is 0.419 e. The van der Waals surface area contributed by atoms with Crippen LogP contribution in [0.25, 0.3) is 11.3 Å². The number of aromatic nitrogens is 4. The van der Waals surface area contributed by atoms with E-state index in [0.717, 1.165) is 17.7 Å². The third kappa shape index (κ3) is 4.95. The van der Waals surface area contributed by atoms with Gasteiger partial charge in [-0.2, -0.15) is 13.2 Å². The van der Waals surface area contributed by atoms with Gasteiger partial charge in [0.25, 0.3) is 0 Å². The van der Waals surface area contributed by atoms with Crippen LogP contribution < -0.4 is 10.2 Å². The molecule has 0 radical (unpaired) electrons. The topological polar surface area (TPSA) is 99.4 Å². The van der Waals surface area contributed by atoms with Gasteiger partial charge in [-0.3, -0.25) is 4.79 Å². The van der Waals surface area contributed by atoms with Gasteiger partial charge in [0, 0.05) is 56.3 Å². The number of benzene rings is 1. The Labute approximate surface area is 216 Å². The molecule has 13 heteroatoms. The van der Waals surface area contributed by atoms with Gasteiger partial charge in [0.05, 0.1) is 17.7 Å². The number of halogens is 4. The monoisotopic (exact) mass is 533 g/mol. The van der Waals surface area contributed by atoms with Crippen molar-refractivity contribution in [3.8, 4) is 11.3 Å². The van der Waals surface area contributed by atoms with Crippen LogP contribution in [0.5, 0.6) is 0 Å². The van der Waals surface area contributed by atoms with E-state index in [2.05, 4.69) is 20.3 Å². The number of aliphatic hydroxyl groups is 1. The molecule has 9 nitrogen and oxygen atoms in total. The Balaban J connectivity index is 1.44. The average molecular weight is 534 g/mol. The summed E-state index contributed by atoms with van der Waals surface area (Å²) in [4.78, 5) is 28.8. The summed E-state index contributed by atoms with van der Waals surface area (Å²) >= 11 is 0. The normalized spacial score (nSPS) is 17.2. The molecule has 38 heavy (non-hydrogen) atoms. The number of carbonyl (C=O) groups excluding carboxylic acids is 1. The number of amides is 1. The van der Waals surface area contributed by atoms with E-state index in [1.807, 2.05) is 23.9 Å². The molecule has 2 aromatic heterocycles. The number of nitrogens with one attached hydrogen (secondary N) is 1. The molecule has 2 aliphatic rings. The standard InChI is InChI=1S/C25H27F4N7O2/c1-34(2)9-10-36-13-19(15-3-4-18(26)17(11-15)25(27,28)29)32-23(36)24(38)5-7-35(8-6-24)22-16-12-20(37)33-21(16)30-14-31-22/h3-4,11,13-14,38H,5-10,12H2,1-2H3,(H,30,31,33,37). The van der Waals surface area contributed by atoms with Gasteiger partial charge in [-0.15, -0.1) is 0 Å². The molecule has 4 heterocycles. The third-order valence-corrected chi connectivity index (χ3v) is 6.96. The van der Waals surface area contributed by atoms with Crippen molar-refractivity contribution < 1.29 is 27.5 Å². The minimum Gasteiger partial charge on any atom is -0.382 e. The molecule has 5 rings (SSSR count). The van der Waals surface area contributed by atoms with Crippen molar-refractivity contribution in [3.05, 3.63) is 53.5 Å². The molecule has 0 atom stereocenters. The smallest absolute Gasteiger partial charge is 0.382 e. The van der Waals surface area contributed by atoms with Crippen molar-refractivity contribution in [2.45, 2.75) is 37.6 Å². The second kappa shape index (κ2) is 9.62. The number of imidazole rings is 1. The van der Waals surface area contributed by atoms with E-state index in [-0.39, 0.29) is 36.4 Å². The number of piperidine rings is 1. The molecule has 0 bridgehead atoms. The number of hydrogen-bond acceptors (Lipinski definition) is 7. The van der Waals surface area contributed by atoms with Gasteiger partial charge in [0.15, 0.2) is 0 Å². The van der Waals surface area contributed by atoms with E-state index >= 15 is 0 Å². The fourth-order valence-corrected chi connectivity index (χ4v) is 4.90. The lowest BCUT2D eigenvalue weighted by molar-refractivity contribution is -0.140. The average Bonchev–Trinajstić information content (AvgIpc) is 3.46. The lowest BCUT2D eigenvalue weighted by atomic mass is 9.90. The van der Waals surface area contributed by atoms with Gasteiger partial charge in [-0.05, 0) is 32.3 Å². The van der Waals surface area contributed by atoms with Crippen molar-refractivity contribution >= 4 is 17.5 Å². The van der Waals surface area contributed by atoms with Crippen molar-refractivity contribution in [2.75, 3.05) is 43.9 Å². The number of likely N-dealkylation sites (N-methyl/N-ethyl adjacent to an activating group) is 1. The second-order valence-corrected chi connectivity index (χ2v) is 9.91. The Kier molecular flexibility index (Phi) is 6.59. The number of carbonyl (C=O) groups is 1. The van der Waals surface area contributed by atoms with Crippen LogP contribution in [0, 0.1) is 5.82 Å². The molecule has 0 aliphatic carbocycles. The summed E-state index contributed by atoms with van der Waals surface area (Å²) in [6.07, 6.45) is -1.11. The number of hydrogen-bond donors (Lipinski definition) is 2. The van der Waals surface area contributed by atoms with Gasteiger partial charge in [0.2, 0.25) is 5.91 Å². The van der Waals surface area contributed by atoms with Gasteiger partial charge in [0.1, 0.15) is 35.2 Å². The summed E-state index contributed by atoms with van der Waals surface area (Å²) in [6, 6.07) is 2.78. The van der Waals surface area contributed by atoms with E-state index in [1.54, 1.807) is 10.8 Å². The summed E-state index contributed by atoms with van der Waals surface area (Å²) in [5, 5.41) is 14.4. The van der Waals surface area contributed by atoms with Gasteiger partial charge in [-0.1, -0.05) is 0 Å². The molecule has 1 fully saturated rings. The molecular formula is C25H27F4N7O2. The van der Waals surface area contributed by atoms with Gasteiger partial charge in [-0.25, -0.2) is 19.3 Å². The highest BCUT2D eigenvalue weighted by atomic mass is 19.4. The predicted molar refractivity (Wildman–Crippen MR) is 131 cm³/mol. The molecule has 2 aliphatic heterocycles. The fraction of sp³-hybridized carbons (Fsp3) is 0.440. The minimum atomic E-state index is -4.84. The summed E-state index contributed by atoms with van der Waals surface area (Å²) in [5.41, 5.74) is -1.67. The second-order valence-electron chi connectivity index (χ2n) is 9.91. The quantitative estimate of drug-likeness (QED) is 0.470. The third-order valence-electron chi connectivity index (χ3n) is 6.96. The molecule has 0 spiro atoms.